The van der Waals surface area contributed by atoms with Gasteiger partial charge in [0, 0.05) is 12.8 Å². The smallest absolute Gasteiger partial charge is 0.436 e. The third kappa shape index (κ3) is 3.27. The summed E-state index contributed by atoms with van der Waals surface area (Å²) in [7, 11) is 0. The second-order valence-electron chi connectivity index (χ2n) is 2.84. The van der Waals surface area contributed by atoms with Crippen molar-refractivity contribution < 1.29 is 22.6 Å². The van der Waals surface area contributed by atoms with Gasteiger partial charge in [0.15, 0.2) is 0 Å². The van der Waals surface area contributed by atoms with Crippen LogP contribution < -0.4 is 10.5 Å². The van der Waals surface area contributed by atoms with Gasteiger partial charge in [-0.3, -0.25) is 0 Å². The van der Waals surface area contributed by atoms with Gasteiger partial charge in [-0.05, 0) is 19.1 Å². The Hall–Kier alpha value is -1.50. The highest BCUT2D eigenvalue weighted by Crippen LogP contribution is 2.27. The van der Waals surface area contributed by atoms with E-state index in [-0.39, 0.29) is 18.2 Å². The van der Waals surface area contributed by atoms with Crippen molar-refractivity contribution in [3.05, 3.63) is 18.3 Å². The van der Waals surface area contributed by atoms with E-state index in [9.17, 15) is 13.2 Å². The van der Waals surface area contributed by atoms with Crippen LogP contribution in [0.4, 0.5) is 18.9 Å². The number of aromatic nitrogens is 1. The average Bonchev–Trinajstić information content (AvgIpc) is 2.19. The van der Waals surface area contributed by atoms with Gasteiger partial charge in [0.25, 0.3) is 6.29 Å². The van der Waals surface area contributed by atoms with E-state index in [0.29, 0.717) is 0 Å². The van der Waals surface area contributed by atoms with Gasteiger partial charge >= 0.3 is 6.18 Å². The van der Waals surface area contributed by atoms with Gasteiger partial charge in [0.05, 0.1) is 5.69 Å². The number of anilines is 1. The van der Waals surface area contributed by atoms with E-state index in [4.69, 9.17) is 5.73 Å². The predicted octanol–water partition coefficient (Wildman–Crippen LogP) is 1.97. The highest BCUT2D eigenvalue weighted by atomic mass is 19.4. The first kappa shape index (κ1) is 12.6. The number of ether oxygens (including phenoxy) is 2. The maximum atomic E-state index is 12.4. The Labute approximate surface area is 90.2 Å². The van der Waals surface area contributed by atoms with Gasteiger partial charge in [0.2, 0.25) is 5.88 Å². The number of halogens is 3. The van der Waals surface area contributed by atoms with Crippen molar-refractivity contribution in [2.75, 3.05) is 12.3 Å². The molecule has 0 aliphatic rings. The number of nitrogens with zero attached hydrogens (tertiary/aromatic N) is 1. The molecular weight excluding hydrogens is 225 g/mol. The fraction of sp³-hybridized carbons (Fsp3) is 0.444. The van der Waals surface area contributed by atoms with Crippen molar-refractivity contribution in [1.82, 2.24) is 4.98 Å². The Kier molecular flexibility index (Phi) is 3.94. The standard InChI is InChI=1S/C9H11F3N2O2/c1-2-15-8(9(10,11)12)16-7-6(13)4-3-5-14-7/h3-5,8H,2,13H2,1H3. The number of pyridine rings is 1. The quantitative estimate of drug-likeness (QED) is 0.812. The maximum Gasteiger partial charge on any atom is 0.452 e. The van der Waals surface area contributed by atoms with E-state index in [1.807, 2.05) is 0 Å². The molecule has 1 aromatic rings. The molecule has 0 aromatic carbocycles. The van der Waals surface area contributed by atoms with Crippen molar-refractivity contribution in [1.29, 1.82) is 0 Å². The van der Waals surface area contributed by atoms with E-state index in [1.165, 1.54) is 25.3 Å². The number of nitrogens with two attached hydrogens (primary N) is 1. The van der Waals surface area contributed by atoms with Crippen LogP contribution in [0.25, 0.3) is 0 Å². The summed E-state index contributed by atoms with van der Waals surface area (Å²) >= 11 is 0. The van der Waals surface area contributed by atoms with Crippen molar-refractivity contribution in [2.45, 2.75) is 19.4 Å². The first-order valence-corrected chi connectivity index (χ1v) is 4.50. The SMILES string of the molecule is CCOC(Oc1ncccc1N)C(F)(F)F. The van der Waals surface area contributed by atoms with Crippen LogP contribution in [0.3, 0.4) is 0 Å². The molecule has 1 aromatic heterocycles. The summed E-state index contributed by atoms with van der Waals surface area (Å²) in [6.45, 7) is 1.31. The molecule has 1 heterocycles. The van der Waals surface area contributed by atoms with E-state index in [1.54, 1.807) is 0 Å². The Morgan fingerprint density at radius 3 is 2.69 bits per heavy atom. The van der Waals surface area contributed by atoms with E-state index in [2.05, 4.69) is 14.5 Å². The second kappa shape index (κ2) is 5.02. The summed E-state index contributed by atoms with van der Waals surface area (Å²) in [5.41, 5.74) is 5.42. The number of alkyl halides is 3. The third-order valence-corrected chi connectivity index (χ3v) is 1.60. The van der Waals surface area contributed by atoms with Gasteiger partial charge < -0.3 is 15.2 Å². The lowest BCUT2D eigenvalue weighted by molar-refractivity contribution is -0.281. The molecule has 1 atom stereocenters. The Morgan fingerprint density at radius 2 is 2.19 bits per heavy atom. The van der Waals surface area contributed by atoms with Gasteiger partial charge in [-0.25, -0.2) is 4.98 Å². The van der Waals surface area contributed by atoms with Gasteiger partial charge in [-0.15, -0.1) is 0 Å². The van der Waals surface area contributed by atoms with Gasteiger partial charge in [-0.1, -0.05) is 0 Å². The highest BCUT2D eigenvalue weighted by molar-refractivity contribution is 5.46. The van der Waals surface area contributed by atoms with Crippen LogP contribution in [0.15, 0.2) is 18.3 Å². The molecule has 90 valence electrons. The lowest BCUT2D eigenvalue weighted by atomic mass is 10.4. The Balaban J connectivity index is 2.80. The molecule has 0 saturated heterocycles. The summed E-state index contributed by atoms with van der Waals surface area (Å²) < 4.78 is 46.2. The predicted molar refractivity (Wildman–Crippen MR) is 50.7 cm³/mol. The van der Waals surface area contributed by atoms with Crippen LogP contribution in [-0.2, 0) is 4.74 Å². The molecule has 0 aliphatic heterocycles. The highest BCUT2D eigenvalue weighted by Gasteiger charge is 2.43. The van der Waals surface area contributed by atoms with Crippen molar-refractivity contribution in [2.24, 2.45) is 0 Å². The summed E-state index contributed by atoms with van der Waals surface area (Å²) in [6, 6.07) is 2.88. The first-order chi connectivity index (χ1) is 7.45. The molecule has 4 nitrogen and oxygen atoms in total. The molecule has 0 spiro atoms. The largest absolute Gasteiger partial charge is 0.452 e. The molecule has 0 bridgehead atoms. The normalized spacial score (nSPS) is 13.5. The third-order valence-electron chi connectivity index (χ3n) is 1.60. The van der Waals surface area contributed by atoms with E-state index >= 15 is 0 Å². The van der Waals surface area contributed by atoms with Crippen LogP contribution in [0.1, 0.15) is 6.92 Å². The molecule has 0 radical (unpaired) electrons. The summed E-state index contributed by atoms with van der Waals surface area (Å²) in [5, 5.41) is 0. The van der Waals surface area contributed by atoms with Crippen LogP contribution in [-0.4, -0.2) is 24.1 Å². The lowest BCUT2D eigenvalue weighted by Crippen LogP contribution is -2.37. The molecule has 0 saturated carbocycles. The average molecular weight is 236 g/mol. The lowest BCUT2D eigenvalue weighted by Gasteiger charge is -2.20. The molecule has 0 aliphatic carbocycles. The van der Waals surface area contributed by atoms with Crippen LogP contribution >= 0.6 is 0 Å². The molecule has 0 fully saturated rings. The van der Waals surface area contributed by atoms with Crippen molar-refractivity contribution in [3.8, 4) is 5.88 Å². The number of hydrogen-bond acceptors (Lipinski definition) is 4. The van der Waals surface area contributed by atoms with Crippen LogP contribution in [0.2, 0.25) is 0 Å². The molecule has 16 heavy (non-hydrogen) atoms. The molecule has 7 heteroatoms. The van der Waals surface area contributed by atoms with Crippen LogP contribution in [0, 0.1) is 0 Å². The van der Waals surface area contributed by atoms with Crippen molar-refractivity contribution >= 4 is 5.69 Å². The summed E-state index contributed by atoms with van der Waals surface area (Å²) in [4.78, 5) is 3.59. The Morgan fingerprint density at radius 1 is 1.50 bits per heavy atom. The molecule has 2 N–H and O–H groups in total. The summed E-state index contributed by atoms with van der Waals surface area (Å²) in [6.07, 6.45) is -5.69. The van der Waals surface area contributed by atoms with Gasteiger partial charge in [0.1, 0.15) is 0 Å². The minimum atomic E-state index is -4.63. The zero-order valence-corrected chi connectivity index (χ0v) is 8.49. The molecule has 0 amide bonds. The van der Waals surface area contributed by atoms with E-state index in [0.717, 1.165) is 0 Å². The summed E-state index contributed by atoms with van der Waals surface area (Å²) in [5.74, 6) is -0.293. The monoisotopic (exact) mass is 236 g/mol. The van der Waals surface area contributed by atoms with Crippen molar-refractivity contribution in [3.63, 3.8) is 0 Å². The number of rotatable bonds is 4. The van der Waals surface area contributed by atoms with Gasteiger partial charge in [-0.2, -0.15) is 13.2 Å². The van der Waals surface area contributed by atoms with E-state index < -0.39 is 12.5 Å². The zero-order valence-electron chi connectivity index (χ0n) is 8.49. The fourth-order valence-electron chi connectivity index (χ4n) is 0.950. The molecule has 1 unspecified atom stereocenters. The maximum absolute atomic E-state index is 12.4. The minimum absolute atomic E-state index is 0.0245. The first-order valence-electron chi connectivity index (χ1n) is 4.50. The number of nitrogen functional groups attached to an aromatic ring is 1. The molecule has 1 rings (SSSR count). The second-order valence-corrected chi connectivity index (χ2v) is 2.84. The Bertz CT molecular complexity index is 344. The fourth-order valence-corrected chi connectivity index (χ4v) is 0.950. The topological polar surface area (TPSA) is 57.4 Å². The van der Waals surface area contributed by atoms with Crippen LogP contribution in [0.5, 0.6) is 5.88 Å². The number of hydrogen-bond donors (Lipinski definition) is 1. The zero-order chi connectivity index (χ0) is 12.2. The minimum Gasteiger partial charge on any atom is -0.436 e. The molecular formula is C9H11F3N2O2.